The Labute approximate surface area is 159 Å². The molecule has 4 aromatic rings. The Kier molecular flexibility index (Phi) is 4.82. The molecule has 0 unspecified atom stereocenters. The van der Waals surface area contributed by atoms with Crippen LogP contribution in [0.5, 0.6) is 0 Å². The minimum Gasteiger partial charge on any atom is -0.356 e. The maximum Gasteiger partial charge on any atom is 0.320 e. The molecule has 146 valence electrons. The molecule has 0 aliphatic rings. The summed E-state index contributed by atoms with van der Waals surface area (Å²) in [6.07, 6.45) is 0.0256. The molecule has 0 radical (unpaired) electrons. The molecule has 7 nitrogen and oxygen atoms in total. The molecule has 0 bridgehead atoms. The zero-order chi connectivity index (χ0) is 19.7. The van der Waals surface area contributed by atoms with Crippen LogP contribution in [0.3, 0.4) is 0 Å². The monoisotopic (exact) mass is 406 g/mol. The molecule has 28 heavy (non-hydrogen) atoms. The van der Waals surface area contributed by atoms with Gasteiger partial charge in [0.2, 0.25) is 10.0 Å². The predicted molar refractivity (Wildman–Crippen MR) is 99.3 cm³/mol. The molecule has 0 saturated carbocycles. The van der Waals surface area contributed by atoms with E-state index >= 15 is 0 Å². The van der Waals surface area contributed by atoms with Crippen LogP contribution in [0.15, 0.2) is 53.1 Å². The van der Waals surface area contributed by atoms with E-state index in [2.05, 4.69) is 14.9 Å². The number of fused-ring (bicyclic) bond motifs is 2. The van der Waals surface area contributed by atoms with Gasteiger partial charge in [0.15, 0.2) is 5.58 Å². The summed E-state index contributed by atoms with van der Waals surface area (Å²) in [5, 5.41) is 4.42. The van der Waals surface area contributed by atoms with Crippen molar-refractivity contribution >= 4 is 32.0 Å². The topological polar surface area (TPSA) is 90.0 Å². The molecule has 2 aromatic heterocycles. The van der Waals surface area contributed by atoms with Crippen molar-refractivity contribution in [1.29, 1.82) is 0 Å². The van der Waals surface area contributed by atoms with Gasteiger partial charge in [-0.1, -0.05) is 29.4 Å². The number of nitrogens with zero attached hydrogens (tertiary/aromatic N) is 3. The summed E-state index contributed by atoms with van der Waals surface area (Å²) >= 11 is 0. The van der Waals surface area contributed by atoms with E-state index in [0.29, 0.717) is 27.7 Å². The number of hydrogen-bond acceptors (Lipinski definition) is 5. The summed E-state index contributed by atoms with van der Waals surface area (Å²) < 4.78 is 59.9. The third kappa shape index (κ3) is 3.60. The highest BCUT2D eigenvalue weighted by molar-refractivity contribution is 7.88. The first-order chi connectivity index (χ1) is 13.4. The highest BCUT2D eigenvalue weighted by Gasteiger charge is 2.20. The van der Waals surface area contributed by atoms with Gasteiger partial charge in [0.25, 0.3) is 0 Å². The lowest BCUT2D eigenvalue weighted by atomic mass is 10.2. The zero-order valence-electron chi connectivity index (χ0n) is 14.5. The van der Waals surface area contributed by atoms with Crippen molar-refractivity contribution in [3.8, 4) is 0 Å². The maximum absolute atomic E-state index is 13.4. The summed E-state index contributed by atoms with van der Waals surface area (Å²) in [6, 6.07) is 13.5. The van der Waals surface area contributed by atoms with Crippen LogP contribution in [0.25, 0.3) is 22.0 Å². The van der Waals surface area contributed by atoms with Crippen molar-refractivity contribution < 1.29 is 21.7 Å². The molecule has 2 heterocycles. The molecule has 0 aliphatic carbocycles. The van der Waals surface area contributed by atoms with E-state index in [1.54, 1.807) is 48.5 Å². The number of nitrogens with one attached hydrogen (secondary N) is 1. The molecule has 2 aromatic carbocycles. The largest absolute Gasteiger partial charge is 0.356 e. The summed E-state index contributed by atoms with van der Waals surface area (Å²) in [5.74, 6) is -0.249. The molecule has 0 spiro atoms. The number of para-hydroxylation sites is 3. The van der Waals surface area contributed by atoms with Gasteiger partial charge < -0.3 is 4.52 Å². The SMILES string of the molecule is O=S(=O)(Cc1noc2ccccc12)NCCc1nc2ccccc2n1C(F)F. The summed E-state index contributed by atoms with van der Waals surface area (Å²) in [4.78, 5) is 4.19. The first-order valence-corrected chi connectivity index (χ1v) is 10.1. The second kappa shape index (κ2) is 7.28. The Bertz CT molecular complexity index is 1230. The summed E-state index contributed by atoms with van der Waals surface area (Å²) in [6.45, 7) is -2.82. The van der Waals surface area contributed by atoms with E-state index in [-0.39, 0.29) is 24.5 Å². The Hall–Kier alpha value is -2.85. The molecule has 0 fully saturated rings. The smallest absolute Gasteiger partial charge is 0.320 e. The number of rotatable bonds is 7. The Morgan fingerprint density at radius 2 is 1.86 bits per heavy atom. The molecule has 0 amide bonds. The van der Waals surface area contributed by atoms with Gasteiger partial charge in [-0.3, -0.25) is 4.57 Å². The van der Waals surface area contributed by atoms with Gasteiger partial charge in [-0.25, -0.2) is 18.1 Å². The first-order valence-electron chi connectivity index (χ1n) is 8.49. The van der Waals surface area contributed by atoms with Crippen LogP contribution in [0, 0.1) is 0 Å². The zero-order valence-corrected chi connectivity index (χ0v) is 15.4. The number of imidazole rings is 1. The number of halogens is 2. The highest BCUT2D eigenvalue weighted by Crippen LogP contribution is 2.23. The van der Waals surface area contributed by atoms with Crippen LogP contribution in [-0.4, -0.2) is 29.7 Å². The van der Waals surface area contributed by atoms with E-state index in [1.807, 2.05) is 0 Å². The second-order valence-electron chi connectivity index (χ2n) is 6.19. The van der Waals surface area contributed by atoms with Crippen LogP contribution < -0.4 is 4.72 Å². The van der Waals surface area contributed by atoms with E-state index in [1.165, 1.54) is 0 Å². The second-order valence-corrected chi connectivity index (χ2v) is 8.00. The van der Waals surface area contributed by atoms with Crippen molar-refractivity contribution in [3.63, 3.8) is 0 Å². The van der Waals surface area contributed by atoms with Crippen LogP contribution in [0.2, 0.25) is 0 Å². The van der Waals surface area contributed by atoms with Crippen molar-refractivity contribution in [2.75, 3.05) is 6.54 Å². The van der Waals surface area contributed by atoms with E-state index in [0.717, 1.165) is 4.57 Å². The van der Waals surface area contributed by atoms with E-state index < -0.39 is 16.6 Å². The first kappa shape index (κ1) is 18.5. The Balaban J connectivity index is 1.47. The molecule has 0 aliphatic heterocycles. The standard InChI is InChI=1S/C18H16F2N4O3S/c19-18(20)24-15-7-3-2-6-13(15)22-17(24)9-10-21-28(25,26)11-14-12-5-1-4-8-16(12)27-23-14/h1-8,18,21H,9-11H2. The molecular formula is C18H16F2N4O3S. The van der Waals surface area contributed by atoms with Gasteiger partial charge in [-0.15, -0.1) is 0 Å². The van der Waals surface area contributed by atoms with Gasteiger partial charge in [-0.2, -0.15) is 8.78 Å². The van der Waals surface area contributed by atoms with Gasteiger partial charge in [0.1, 0.15) is 17.3 Å². The minimum atomic E-state index is -3.73. The minimum absolute atomic E-state index is 0.0256. The molecule has 0 saturated heterocycles. The van der Waals surface area contributed by atoms with Crippen molar-refractivity contribution in [2.45, 2.75) is 18.7 Å². The summed E-state index contributed by atoms with van der Waals surface area (Å²) in [7, 11) is -3.73. The molecule has 1 N–H and O–H groups in total. The van der Waals surface area contributed by atoms with Crippen LogP contribution in [0.4, 0.5) is 8.78 Å². The van der Waals surface area contributed by atoms with Gasteiger partial charge >= 0.3 is 6.55 Å². The quantitative estimate of drug-likeness (QED) is 0.509. The van der Waals surface area contributed by atoms with Crippen LogP contribution in [-0.2, 0) is 22.2 Å². The molecule has 4 rings (SSSR count). The highest BCUT2D eigenvalue weighted by atomic mass is 32.2. The van der Waals surface area contributed by atoms with Gasteiger partial charge in [-0.05, 0) is 24.3 Å². The molecule has 10 heteroatoms. The van der Waals surface area contributed by atoms with Crippen molar-refractivity contribution in [1.82, 2.24) is 19.4 Å². The number of hydrogen-bond donors (Lipinski definition) is 1. The number of sulfonamides is 1. The molecular weight excluding hydrogens is 390 g/mol. The fourth-order valence-electron chi connectivity index (χ4n) is 3.08. The van der Waals surface area contributed by atoms with Gasteiger partial charge in [0.05, 0.1) is 11.0 Å². The van der Waals surface area contributed by atoms with E-state index in [9.17, 15) is 17.2 Å². The van der Waals surface area contributed by atoms with Crippen LogP contribution >= 0.6 is 0 Å². The molecule has 0 atom stereocenters. The lowest BCUT2D eigenvalue weighted by Crippen LogP contribution is -2.28. The normalized spacial score (nSPS) is 12.4. The lowest BCUT2D eigenvalue weighted by molar-refractivity contribution is 0.0715. The third-order valence-corrected chi connectivity index (χ3v) is 5.61. The summed E-state index contributed by atoms with van der Waals surface area (Å²) in [5.41, 5.74) is 1.54. The fraction of sp³-hybridized carbons (Fsp3) is 0.222. The van der Waals surface area contributed by atoms with Crippen molar-refractivity contribution in [2.24, 2.45) is 0 Å². The van der Waals surface area contributed by atoms with Crippen molar-refractivity contribution in [3.05, 3.63) is 60.0 Å². The lowest BCUT2D eigenvalue weighted by Gasteiger charge is -2.08. The Morgan fingerprint density at radius 3 is 2.68 bits per heavy atom. The fourth-order valence-corrected chi connectivity index (χ4v) is 4.16. The number of aromatic nitrogens is 3. The number of benzene rings is 2. The average Bonchev–Trinajstić information content (AvgIpc) is 3.22. The third-order valence-electron chi connectivity index (χ3n) is 4.31. The van der Waals surface area contributed by atoms with Crippen LogP contribution in [0.1, 0.15) is 18.1 Å². The van der Waals surface area contributed by atoms with Gasteiger partial charge in [0, 0.05) is 18.4 Å². The average molecular weight is 406 g/mol. The maximum atomic E-state index is 13.4. The Morgan fingerprint density at radius 1 is 1.11 bits per heavy atom. The number of alkyl halides is 2. The predicted octanol–water partition coefficient (Wildman–Crippen LogP) is 3.23. The van der Waals surface area contributed by atoms with E-state index in [4.69, 9.17) is 4.52 Å².